The maximum absolute atomic E-state index is 14.3. The van der Waals surface area contributed by atoms with Gasteiger partial charge in [0.15, 0.2) is 5.78 Å². The molecule has 8 nitrogen and oxygen atoms in total. The normalized spacial score (nSPS) is 40.1. The second-order valence-electron chi connectivity index (χ2n) is 20.4. The molecule has 5 saturated carbocycles. The Morgan fingerprint density at radius 3 is 2.24 bits per heavy atom. The molecule has 6 aliphatic rings. The maximum atomic E-state index is 14.3. The first-order chi connectivity index (χ1) is 25.2. The lowest BCUT2D eigenvalue weighted by atomic mass is 9.33. The van der Waals surface area contributed by atoms with Gasteiger partial charge in [-0.1, -0.05) is 71.9 Å². The Balaban J connectivity index is 1.18. The molecule has 2 unspecified atom stereocenters. The van der Waals surface area contributed by atoms with Crippen molar-refractivity contribution in [1.82, 2.24) is 5.32 Å². The van der Waals surface area contributed by atoms with Crippen molar-refractivity contribution in [3.63, 3.8) is 0 Å². The highest BCUT2D eigenvalue weighted by Crippen LogP contribution is 2.87. The first-order valence-electron chi connectivity index (χ1n) is 20.8. The molecule has 2 N–H and O–H groups in total. The van der Waals surface area contributed by atoms with Crippen molar-refractivity contribution in [1.29, 1.82) is 0 Å². The summed E-state index contributed by atoms with van der Waals surface area (Å²) in [6.45, 7) is 20.2. The Kier molecular flexibility index (Phi) is 9.47. The maximum Gasteiger partial charge on any atom is 0.309 e. The third kappa shape index (κ3) is 5.52. The van der Waals surface area contributed by atoms with Crippen LogP contribution < -0.4 is 5.32 Å². The van der Waals surface area contributed by atoms with Crippen molar-refractivity contribution in [2.24, 2.45) is 55.7 Å². The molecule has 1 aromatic rings. The molecule has 0 amide bonds. The lowest BCUT2D eigenvalue weighted by Gasteiger charge is -2.71. The molecule has 6 aliphatic carbocycles. The van der Waals surface area contributed by atoms with Crippen molar-refractivity contribution in [3.8, 4) is 0 Å². The molecule has 1 aromatic carbocycles. The minimum Gasteiger partial charge on any atom is -0.481 e. The Morgan fingerprint density at radius 1 is 0.907 bits per heavy atom. The van der Waals surface area contributed by atoms with Gasteiger partial charge < -0.3 is 19.9 Å². The lowest BCUT2D eigenvalue weighted by molar-refractivity contribution is -0.221. The van der Waals surface area contributed by atoms with Crippen LogP contribution in [0.5, 0.6) is 0 Å². The number of hydrogen-bond donors (Lipinski definition) is 2. The van der Waals surface area contributed by atoms with Crippen LogP contribution >= 0.6 is 0 Å². The Bertz CT molecular complexity index is 1750. The molecule has 0 bridgehead atoms. The number of carboxylic acid groups (broad SMARTS) is 1. The van der Waals surface area contributed by atoms with E-state index in [9.17, 15) is 24.3 Å². The third-order valence-corrected chi connectivity index (χ3v) is 17.3. The number of allylic oxidation sites excluding steroid dienone is 1. The van der Waals surface area contributed by atoms with Gasteiger partial charge in [-0.25, -0.2) is 0 Å². The number of aliphatic carboxylic acids is 1. The molecule has 0 radical (unpaired) electrons. The smallest absolute Gasteiger partial charge is 0.309 e. The van der Waals surface area contributed by atoms with Gasteiger partial charge in [-0.15, -0.1) is 0 Å². The summed E-state index contributed by atoms with van der Waals surface area (Å²) in [6, 6.07) is 10.3. The summed E-state index contributed by atoms with van der Waals surface area (Å²) in [7, 11) is 0. The minimum atomic E-state index is -1.16. The van der Waals surface area contributed by atoms with Gasteiger partial charge in [0.2, 0.25) is 0 Å². The zero-order chi connectivity index (χ0) is 39.3. The highest BCUT2D eigenvalue weighted by Gasteiger charge is 2.82. The Labute approximate surface area is 323 Å². The molecule has 0 aliphatic heterocycles. The summed E-state index contributed by atoms with van der Waals surface area (Å²) >= 11 is 0. The van der Waals surface area contributed by atoms with Crippen LogP contribution in [0.3, 0.4) is 0 Å². The molecule has 296 valence electrons. The number of fused-ring (bicyclic) bond motifs is 6. The van der Waals surface area contributed by atoms with Crippen LogP contribution in [0.1, 0.15) is 139 Å². The van der Waals surface area contributed by atoms with Crippen LogP contribution in [0.15, 0.2) is 41.5 Å². The zero-order valence-electron chi connectivity index (χ0n) is 34.4. The number of hydrogen-bond acceptors (Lipinski definition) is 7. The van der Waals surface area contributed by atoms with Gasteiger partial charge >= 0.3 is 17.9 Å². The van der Waals surface area contributed by atoms with Gasteiger partial charge in [0.1, 0.15) is 12.2 Å². The number of ketones is 1. The topological polar surface area (TPSA) is 119 Å². The number of carboxylic acids is 1. The summed E-state index contributed by atoms with van der Waals surface area (Å²) in [5, 5.41) is 13.3. The van der Waals surface area contributed by atoms with E-state index in [0.717, 1.165) is 63.4 Å². The van der Waals surface area contributed by atoms with Gasteiger partial charge in [-0.05, 0) is 128 Å². The standard InChI is InChI=1S/C46H65NO7/c1-28(2)37-32(49)23-45(35(53-29(3)48)26-47-25-30-13-11-10-12-14-30)21-19-41(6)31(38(37)45)15-16-33-42(41,7)20-22-46-27-44(46,9)34(17-18-43(33,46)8)54-36(50)24-40(4,5)39(51)52/h10-14,28,31,33-35,47H,15-27H2,1-9H3,(H,51,52)/t31-,33+,34+,35-,41-,42-,43-,44?,45?,46+/m1/s1. The van der Waals surface area contributed by atoms with E-state index in [1.807, 2.05) is 18.2 Å². The summed E-state index contributed by atoms with van der Waals surface area (Å²) in [5.74, 6) is -0.623. The number of carbonyl (C=O) groups is 4. The number of carbonyl (C=O) groups excluding carboxylic acids is 3. The summed E-state index contributed by atoms with van der Waals surface area (Å²) < 4.78 is 12.5. The summed E-state index contributed by atoms with van der Waals surface area (Å²) in [4.78, 5) is 52.0. The van der Waals surface area contributed by atoms with Crippen molar-refractivity contribution in [3.05, 3.63) is 47.0 Å². The molecule has 0 heterocycles. The minimum absolute atomic E-state index is 0.0284. The first kappa shape index (κ1) is 39.2. The van der Waals surface area contributed by atoms with Crippen LogP contribution in [0.2, 0.25) is 0 Å². The van der Waals surface area contributed by atoms with Crippen molar-refractivity contribution in [2.75, 3.05) is 6.54 Å². The van der Waals surface area contributed by atoms with Crippen molar-refractivity contribution >= 4 is 23.7 Å². The fourth-order valence-corrected chi connectivity index (χ4v) is 14.2. The highest BCUT2D eigenvalue weighted by molar-refractivity contribution is 6.01. The second-order valence-corrected chi connectivity index (χ2v) is 20.4. The number of ether oxygens (including phenoxy) is 2. The SMILES string of the molecule is CC(=O)O[C@H](CNCc1ccccc1)C12CC[C@]3(C)[C@H](CC[C@@H]4[C@@]5(C)CC[C@H](OC(=O)CC(C)(C)C(=O)O)C6(C)C[C@]65CC[C@]43C)C1=C(C(C)C)C(=O)C2. The van der Waals surface area contributed by atoms with Crippen LogP contribution in [0, 0.1) is 55.7 Å². The average molecular weight is 744 g/mol. The zero-order valence-corrected chi connectivity index (χ0v) is 34.4. The average Bonchev–Trinajstić information content (AvgIpc) is 3.62. The second kappa shape index (κ2) is 13.0. The predicted octanol–water partition coefficient (Wildman–Crippen LogP) is 8.86. The molecule has 8 heteroatoms. The number of benzene rings is 1. The number of esters is 2. The number of Topliss-reactive ketones (excluding diaryl/α,β-unsaturated/α-hetero) is 1. The molecule has 1 spiro atoms. The van der Waals surface area contributed by atoms with Gasteiger partial charge in [0, 0.05) is 37.3 Å². The molecule has 10 atom stereocenters. The van der Waals surface area contributed by atoms with E-state index < -0.39 is 28.9 Å². The van der Waals surface area contributed by atoms with E-state index in [0.29, 0.717) is 25.4 Å². The lowest BCUT2D eigenvalue weighted by Crippen LogP contribution is -2.65. The Hall–Kier alpha value is -3.00. The quantitative estimate of drug-likeness (QED) is 0.216. The van der Waals surface area contributed by atoms with Gasteiger partial charge in [-0.2, -0.15) is 0 Å². The molecular weight excluding hydrogens is 679 g/mol. The van der Waals surface area contributed by atoms with E-state index in [2.05, 4.69) is 59.0 Å². The molecule has 5 fully saturated rings. The van der Waals surface area contributed by atoms with Gasteiger partial charge in [0.05, 0.1) is 11.8 Å². The molecule has 7 rings (SSSR count). The predicted molar refractivity (Wildman–Crippen MR) is 207 cm³/mol. The van der Waals surface area contributed by atoms with E-state index in [1.54, 1.807) is 13.8 Å². The summed E-state index contributed by atoms with van der Waals surface area (Å²) in [5.41, 5.74) is 1.89. The summed E-state index contributed by atoms with van der Waals surface area (Å²) in [6.07, 6.45) is 8.63. The van der Waals surface area contributed by atoms with E-state index in [1.165, 1.54) is 18.1 Å². The monoisotopic (exact) mass is 743 g/mol. The van der Waals surface area contributed by atoms with E-state index in [4.69, 9.17) is 9.47 Å². The van der Waals surface area contributed by atoms with Crippen molar-refractivity contribution in [2.45, 2.75) is 152 Å². The van der Waals surface area contributed by atoms with Crippen LogP contribution in [0.4, 0.5) is 0 Å². The van der Waals surface area contributed by atoms with E-state index in [-0.39, 0.29) is 63.2 Å². The van der Waals surface area contributed by atoms with Crippen LogP contribution in [-0.2, 0) is 35.2 Å². The highest BCUT2D eigenvalue weighted by atomic mass is 16.5. The molecule has 0 saturated heterocycles. The largest absolute Gasteiger partial charge is 0.481 e. The van der Waals surface area contributed by atoms with Gasteiger partial charge in [0.25, 0.3) is 0 Å². The van der Waals surface area contributed by atoms with Crippen molar-refractivity contribution < 1.29 is 33.8 Å². The first-order valence-corrected chi connectivity index (χ1v) is 20.8. The van der Waals surface area contributed by atoms with Gasteiger partial charge in [-0.3, -0.25) is 19.2 Å². The number of nitrogens with one attached hydrogen (secondary N) is 1. The fourth-order valence-electron chi connectivity index (χ4n) is 14.2. The molecule has 0 aromatic heterocycles. The van der Waals surface area contributed by atoms with E-state index >= 15 is 0 Å². The molecule has 54 heavy (non-hydrogen) atoms. The Morgan fingerprint density at radius 2 is 1.59 bits per heavy atom. The number of rotatable bonds is 11. The molecular formula is C46H65NO7. The third-order valence-electron chi connectivity index (χ3n) is 17.3. The van der Waals surface area contributed by atoms with Crippen LogP contribution in [-0.4, -0.2) is 47.6 Å². The van der Waals surface area contributed by atoms with Crippen LogP contribution in [0.25, 0.3) is 0 Å². The fraction of sp³-hybridized carbons (Fsp3) is 0.739.